The Kier molecular flexibility index (Phi) is 4.09. The molecule has 1 amide bonds. The summed E-state index contributed by atoms with van der Waals surface area (Å²) in [5.41, 5.74) is -1.14. The zero-order chi connectivity index (χ0) is 15.0. The molecule has 2 saturated heterocycles. The number of carbonyl (C=O) groups is 2. The van der Waals surface area contributed by atoms with Gasteiger partial charge >= 0.3 is 5.97 Å². The van der Waals surface area contributed by atoms with Gasteiger partial charge in [0.25, 0.3) is 0 Å². The highest BCUT2D eigenvalue weighted by Gasteiger charge is 2.50. The Morgan fingerprint density at radius 1 is 1.30 bits per heavy atom. The summed E-state index contributed by atoms with van der Waals surface area (Å²) in [7, 11) is 0. The number of hydrogen-bond donors (Lipinski definition) is 2. The van der Waals surface area contributed by atoms with Crippen LogP contribution >= 0.6 is 0 Å². The average molecular weight is 282 g/mol. The molecule has 0 aliphatic carbocycles. The Balaban J connectivity index is 2.12. The Labute approximate surface area is 120 Å². The van der Waals surface area contributed by atoms with Gasteiger partial charge in [-0.15, -0.1) is 0 Å². The number of piperidine rings is 1. The molecule has 0 aromatic rings. The number of aliphatic carboxylic acids is 1. The first-order valence-corrected chi connectivity index (χ1v) is 7.55. The first-order chi connectivity index (χ1) is 9.32. The molecule has 0 aromatic carbocycles. The first kappa shape index (κ1) is 15.3. The molecule has 2 rings (SSSR count). The standard InChI is InChI=1S/C15H26N2O3/c1-11(2)15(13(19)20)6-8-17(10-15)12(18)14(3)5-4-7-16-9-14/h11,16H,4-10H2,1-3H3,(H,19,20). The van der Waals surface area contributed by atoms with E-state index >= 15 is 0 Å². The molecule has 0 saturated carbocycles. The number of carboxylic acid groups (broad SMARTS) is 1. The van der Waals surface area contributed by atoms with Crippen LogP contribution in [-0.2, 0) is 9.59 Å². The summed E-state index contributed by atoms with van der Waals surface area (Å²) in [6.07, 6.45) is 2.46. The highest BCUT2D eigenvalue weighted by molar-refractivity contribution is 5.85. The molecule has 2 aliphatic heterocycles. The SMILES string of the molecule is CC(C)C1(C(=O)O)CCN(C(=O)C2(C)CCCNC2)C1. The molecule has 5 nitrogen and oxygen atoms in total. The van der Waals surface area contributed by atoms with Crippen LogP contribution in [0.1, 0.15) is 40.0 Å². The maximum absolute atomic E-state index is 12.7. The molecule has 0 radical (unpaired) electrons. The number of rotatable bonds is 3. The predicted octanol–water partition coefficient (Wildman–Crippen LogP) is 1.34. The van der Waals surface area contributed by atoms with Gasteiger partial charge in [0.05, 0.1) is 10.8 Å². The van der Waals surface area contributed by atoms with Crippen molar-refractivity contribution in [3.05, 3.63) is 0 Å². The van der Waals surface area contributed by atoms with Gasteiger partial charge in [-0.2, -0.15) is 0 Å². The van der Waals surface area contributed by atoms with Crippen LogP contribution in [-0.4, -0.2) is 48.1 Å². The highest BCUT2D eigenvalue weighted by atomic mass is 16.4. The van der Waals surface area contributed by atoms with Crippen molar-refractivity contribution in [3.63, 3.8) is 0 Å². The van der Waals surface area contributed by atoms with Crippen molar-refractivity contribution in [3.8, 4) is 0 Å². The summed E-state index contributed by atoms with van der Waals surface area (Å²) >= 11 is 0. The van der Waals surface area contributed by atoms with Gasteiger partial charge in [-0.05, 0) is 38.6 Å². The van der Waals surface area contributed by atoms with E-state index in [4.69, 9.17) is 0 Å². The van der Waals surface area contributed by atoms with Crippen molar-refractivity contribution in [1.29, 1.82) is 0 Å². The van der Waals surface area contributed by atoms with E-state index in [2.05, 4.69) is 5.32 Å². The van der Waals surface area contributed by atoms with E-state index in [0.717, 1.165) is 19.4 Å². The minimum absolute atomic E-state index is 0.0371. The molecule has 5 heteroatoms. The van der Waals surface area contributed by atoms with Crippen LogP contribution in [0.15, 0.2) is 0 Å². The molecule has 0 bridgehead atoms. The number of nitrogens with one attached hydrogen (secondary N) is 1. The van der Waals surface area contributed by atoms with Gasteiger partial charge in [0, 0.05) is 19.6 Å². The number of likely N-dealkylation sites (tertiary alicyclic amines) is 1. The fraction of sp³-hybridized carbons (Fsp3) is 0.867. The van der Waals surface area contributed by atoms with Crippen LogP contribution in [0.5, 0.6) is 0 Å². The van der Waals surface area contributed by atoms with E-state index in [1.165, 1.54) is 0 Å². The number of carboxylic acids is 1. The lowest BCUT2D eigenvalue weighted by Crippen LogP contribution is -2.50. The zero-order valence-corrected chi connectivity index (χ0v) is 12.7. The van der Waals surface area contributed by atoms with Crippen LogP contribution < -0.4 is 5.32 Å². The third kappa shape index (κ3) is 2.43. The summed E-state index contributed by atoms with van der Waals surface area (Å²) in [4.78, 5) is 26.2. The first-order valence-electron chi connectivity index (χ1n) is 7.55. The number of hydrogen-bond acceptors (Lipinski definition) is 3. The second-order valence-electron chi connectivity index (χ2n) is 6.93. The Hall–Kier alpha value is -1.10. The Bertz CT molecular complexity index is 402. The highest BCUT2D eigenvalue weighted by Crippen LogP contribution is 2.40. The average Bonchev–Trinajstić information content (AvgIpc) is 2.85. The number of carbonyl (C=O) groups excluding carboxylic acids is 1. The Morgan fingerprint density at radius 2 is 2.00 bits per heavy atom. The van der Waals surface area contributed by atoms with E-state index in [1.54, 1.807) is 4.90 Å². The van der Waals surface area contributed by atoms with Gasteiger partial charge in [0.15, 0.2) is 0 Å². The van der Waals surface area contributed by atoms with Crippen molar-refractivity contribution in [2.45, 2.75) is 40.0 Å². The van der Waals surface area contributed by atoms with Gasteiger partial charge in [-0.25, -0.2) is 0 Å². The monoisotopic (exact) mass is 282 g/mol. The van der Waals surface area contributed by atoms with Gasteiger partial charge in [0.2, 0.25) is 5.91 Å². The molecule has 20 heavy (non-hydrogen) atoms. The summed E-state index contributed by atoms with van der Waals surface area (Å²) < 4.78 is 0. The molecule has 2 unspecified atom stereocenters. The van der Waals surface area contributed by atoms with Crippen LogP contribution in [0.3, 0.4) is 0 Å². The minimum atomic E-state index is -0.770. The van der Waals surface area contributed by atoms with E-state index < -0.39 is 11.4 Å². The topological polar surface area (TPSA) is 69.6 Å². The maximum atomic E-state index is 12.7. The summed E-state index contributed by atoms with van der Waals surface area (Å²) in [6.45, 7) is 8.46. The van der Waals surface area contributed by atoms with Crippen LogP contribution in [0.2, 0.25) is 0 Å². The molecule has 2 fully saturated rings. The second kappa shape index (κ2) is 5.35. The zero-order valence-electron chi connectivity index (χ0n) is 12.7. The van der Waals surface area contributed by atoms with Crippen LogP contribution in [0, 0.1) is 16.7 Å². The van der Waals surface area contributed by atoms with Gasteiger partial charge in [0.1, 0.15) is 0 Å². The van der Waals surface area contributed by atoms with Crippen molar-refractivity contribution >= 4 is 11.9 Å². The lowest BCUT2D eigenvalue weighted by atomic mass is 9.76. The summed E-state index contributed by atoms with van der Waals surface area (Å²) in [6, 6.07) is 0. The number of nitrogens with zero attached hydrogens (tertiary/aromatic N) is 1. The number of amides is 1. The molecule has 2 heterocycles. The summed E-state index contributed by atoms with van der Waals surface area (Å²) in [5, 5.41) is 12.8. The largest absolute Gasteiger partial charge is 0.481 e. The van der Waals surface area contributed by atoms with Crippen molar-refractivity contribution in [2.24, 2.45) is 16.7 Å². The van der Waals surface area contributed by atoms with Crippen molar-refractivity contribution in [1.82, 2.24) is 10.2 Å². The molecule has 0 aromatic heterocycles. The molecule has 0 spiro atoms. The lowest BCUT2D eigenvalue weighted by Gasteiger charge is -2.37. The molecule has 2 atom stereocenters. The summed E-state index contributed by atoms with van der Waals surface area (Å²) in [5.74, 6) is -0.613. The quantitative estimate of drug-likeness (QED) is 0.819. The van der Waals surface area contributed by atoms with Gasteiger partial charge in [-0.1, -0.05) is 13.8 Å². The second-order valence-corrected chi connectivity index (χ2v) is 6.93. The predicted molar refractivity (Wildman–Crippen MR) is 76.3 cm³/mol. The van der Waals surface area contributed by atoms with Crippen molar-refractivity contribution in [2.75, 3.05) is 26.2 Å². The van der Waals surface area contributed by atoms with Gasteiger partial charge < -0.3 is 15.3 Å². The maximum Gasteiger partial charge on any atom is 0.311 e. The van der Waals surface area contributed by atoms with E-state index in [1.807, 2.05) is 20.8 Å². The minimum Gasteiger partial charge on any atom is -0.481 e. The third-order valence-corrected chi connectivity index (χ3v) is 5.23. The Morgan fingerprint density at radius 3 is 2.45 bits per heavy atom. The molecule has 2 aliphatic rings. The molecule has 114 valence electrons. The van der Waals surface area contributed by atoms with Gasteiger partial charge in [-0.3, -0.25) is 9.59 Å². The van der Waals surface area contributed by atoms with Crippen LogP contribution in [0.25, 0.3) is 0 Å². The van der Waals surface area contributed by atoms with Crippen molar-refractivity contribution < 1.29 is 14.7 Å². The lowest BCUT2D eigenvalue weighted by molar-refractivity contribution is -0.152. The van der Waals surface area contributed by atoms with E-state index in [0.29, 0.717) is 26.1 Å². The van der Waals surface area contributed by atoms with Crippen LogP contribution in [0.4, 0.5) is 0 Å². The molecular weight excluding hydrogens is 256 g/mol. The molecular formula is C15H26N2O3. The normalized spacial score (nSPS) is 34.5. The molecule has 2 N–H and O–H groups in total. The fourth-order valence-electron chi connectivity index (χ4n) is 3.52. The fourth-order valence-corrected chi connectivity index (χ4v) is 3.52. The van der Waals surface area contributed by atoms with E-state index in [-0.39, 0.29) is 17.2 Å². The third-order valence-electron chi connectivity index (χ3n) is 5.23. The smallest absolute Gasteiger partial charge is 0.311 e. The van der Waals surface area contributed by atoms with E-state index in [9.17, 15) is 14.7 Å².